The molecule has 56 heavy (non-hydrogen) atoms. The summed E-state index contributed by atoms with van der Waals surface area (Å²) in [5.41, 5.74) is 12.0. The number of nitro benzene ring substituents is 1. The number of benzene rings is 4. The normalized spacial score (nSPS) is 11.0. The van der Waals surface area contributed by atoms with Gasteiger partial charge in [0, 0.05) is 42.5 Å². The average molecular weight is 803 g/mol. The van der Waals surface area contributed by atoms with E-state index >= 15 is 0 Å². The Morgan fingerprint density at radius 1 is 0.679 bits per heavy atom. The van der Waals surface area contributed by atoms with Gasteiger partial charge in [0.05, 0.1) is 33.9 Å². The fraction of sp³-hybridized carbons (Fsp3) is 0.295. The number of para-hydroxylation sites is 2. The van der Waals surface area contributed by atoms with E-state index in [-0.39, 0.29) is 10.6 Å². The maximum Gasteiger partial charge on any atom is 0.276 e. The van der Waals surface area contributed by atoms with E-state index in [1.54, 1.807) is 72.8 Å². The quantitative estimate of drug-likeness (QED) is 0.0415. The van der Waals surface area contributed by atoms with E-state index in [0.29, 0.717) is 15.4 Å². The van der Waals surface area contributed by atoms with Gasteiger partial charge in [-0.25, -0.2) is 21.4 Å². The van der Waals surface area contributed by atoms with Crippen LogP contribution in [0.15, 0.2) is 131 Å². The van der Waals surface area contributed by atoms with E-state index in [2.05, 4.69) is 24.5 Å². The van der Waals surface area contributed by atoms with Gasteiger partial charge in [-0.15, -0.1) is 0 Å². The number of hydrogen-bond acceptors (Lipinski definition) is 7. The summed E-state index contributed by atoms with van der Waals surface area (Å²) in [6.07, 6.45) is 15.8. The Morgan fingerprint density at radius 2 is 1.18 bits per heavy atom. The second-order valence-electron chi connectivity index (χ2n) is 13.5. The second-order valence-corrected chi connectivity index (χ2v) is 17.5. The molecule has 0 aliphatic rings. The minimum Gasteiger partial charge on any atom is -0.399 e. The number of unbranched alkanes of at least 4 members (excludes halogenated alkanes) is 4. The Morgan fingerprint density at radius 3 is 1.70 bits per heavy atom. The van der Waals surface area contributed by atoms with Crippen LogP contribution in [0.3, 0.4) is 0 Å². The molecule has 12 heteroatoms. The molecular formula is C44H58N4O6S2+2. The first-order chi connectivity index (χ1) is 26.5. The monoisotopic (exact) mass is 802 g/mol. The van der Waals surface area contributed by atoms with Crippen LogP contribution in [0.1, 0.15) is 60.1 Å². The highest BCUT2D eigenvalue weighted by molar-refractivity contribution is 7.91. The molecule has 0 aliphatic carbocycles. The van der Waals surface area contributed by atoms with E-state index in [9.17, 15) is 26.9 Å². The summed E-state index contributed by atoms with van der Waals surface area (Å²) in [5, 5.41) is 13.1. The third kappa shape index (κ3) is 18.4. The first-order valence-electron chi connectivity index (χ1n) is 18.5. The molecule has 10 nitrogen and oxygen atoms in total. The van der Waals surface area contributed by atoms with Crippen LogP contribution < -0.4 is 15.6 Å². The van der Waals surface area contributed by atoms with Crippen LogP contribution in [-0.2, 0) is 33.1 Å². The summed E-state index contributed by atoms with van der Waals surface area (Å²) in [6.45, 7) is 5.11. The summed E-state index contributed by atoms with van der Waals surface area (Å²) in [7, 11) is -1.97. The molecule has 0 atom stereocenters. The maximum atomic E-state index is 10.9. The number of nitro groups is 1. The molecule has 4 aromatic carbocycles. The lowest BCUT2D eigenvalue weighted by atomic mass is 10.0. The van der Waals surface area contributed by atoms with E-state index in [0.717, 1.165) is 28.9 Å². The van der Waals surface area contributed by atoms with Crippen LogP contribution in [0.25, 0.3) is 12.2 Å². The number of nitrogens with zero attached hydrogens (tertiary/aromatic N) is 2. The molecular weight excluding hydrogens is 745 g/mol. The number of quaternary nitrogens is 1. The van der Waals surface area contributed by atoms with Crippen molar-refractivity contribution in [2.75, 3.05) is 31.8 Å². The molecule has 0 spiro atoms. The Bertz CT molecular complexity index is 2110. The predicted molar refractivity (Wildman–Crippen MR) is 229 cm³/mol. The van der Waals surface area contributed by atoms with Gasteiger partial charge < -0.3 is 11.1 Å². The van der Waals surface area contributed by atoms with Gasteiger partial charge in [-0.1, -0.05) is 78.6 Å². The molecule has 0 saturated heterocycles. The first kappa shape index (κ1) is 47.0. The highest BCUT2D eigenvalue weighted by Gasteiger charge is 2.10. The van der Waals surface area contributed by atoms with Crippen molar-refractivity contribution in [2.24, 2.45) is 7.05 Å². The lowest BCUT2D eigenvalue weighted by Crippen LogP contribution is -2.79. The van der Waals surface area contributed by atoms with Crippen LogP contribution >= 0.6 is 0 Å². The minimum atomic E-state index is -3.02. The lowest BCUT2D eigenvalue weighted by molar-refractivity contribution is -0.673. The Labute approximate surface area is 334 Å². The zero-order chi connectivity index (χ0) is 41.6. The number of nitrogen functional groups attached to an aromatic ring is 1. The molecule has 1 aromatic heterocycles. The molecule has 0 fully saturated rings. The Kier molecular flexibility index (Phi) is 20.4. The van der Waals surface area contributed by atoms with Crippen molar-refractivity contribution >= 4 is 43.2 Å². The van der Waals surface area contributed by atoms with Crippen molar-refractivity contribution in [3.05, 3.63) is 160 Å². The van der Waals surface area contributed by atoms with Gasteiger partial charge in [-0.05, 0) is 93.6 Å². The van der Waals surface area contributed by atoms with Crippen molar-refractivity contribution in [1.29, 1.82) is 0 Å². The Hall–Kier alpha value is -5.17. The first-order valence-corrected chi connectivity index (χ1v) is 22.3. The zero-order valence-electron chi connectivity index (χ0n) is 33.5. The third-order valence-corrected chi connectivity index (χ3v) is 10.8. The summed E-state index contributed by atoms with van der Waals surface area (Å²) in [6, 6.07) is 34.3. The highest BCUT2D eigenvalue weighted by Crippen LogP contribution is 2.20. The lowest BCUT2D eigenvalue weighted by Gasteiger charge is -2.04. The van der Waals surface area contributed by atoms with Crippen LogP contribution in [-0.4, -0.2) is 47.9 Å². The molecule has 0 saturated carbocycles. The number of aryl methyl sites for hydroxylation is 4. The third-order valence-electron chi connectivity index (χ3n) is 8.55. The molecule has 0 aliphatic heterocycles. The van der Waals surface area contributed by atoms with Crippen LogP contribution in [0.5, 0.6) is 0 Å². The standard InChI is InChI=1S/C14H13N2O2.C14H24N2.2C8H10O2S/c1-15-11-5-4-7-13(15)10-9-12-6-2-3-8-14(12)16(17)18;1-16-12-8-4-2-3-5-9-13-10-6-7-11-14(13)15;2*1-7-3-5-8(6-4-7)11(2,9)10/h2-11H,1H3;6-7,10-11,16H,2-5,8-9,12,15H2,1H3;2*3-6H,1-2H3/q+1;;;/p+1/b10-9+;;;. The van der Waals surface area contributed by atoms with Crippen LogP contribution in [0.4, 0.5) is 11.4 Å². The van der Waals surface area contributed by atoms with E-state index in [1.165, 1.54) is 62.8 Å². The van der Waals surface area contributed by atoms with Gasteiger partial charge in [-0.3, -0.25) is 10.1 Å². The van der Waals surface area contributed by atoms with Gasteiger partial charge in [0.25, 0.3) is 5.69 Å². The number of aromatic nitrogens is 1. The molecule has 300 valence electrons. The van der Waals surface area contributed by atoms with Gasteiger partial charge in [0.2, 0.25) is 5.69 Å². The largest absolute Gasteiger partial charge is 0.399 e. The fourth-order valence-electron chi connectivity index (χ4n) is 5.21. The number of hydrogen-bond donors (Lipinski definition) is 2. The van der Waals surface area contributed by atoms with E-state index in [4.69, 9.17) is 5.73 Å². The van der Waals surface area contributed by atoms with Gasteiger partial charge in [0.15, 0.2) is 25.9 Å². The molecule has 0 bridgehead atoms. The summed E-state index contributed by atoms with van der Waals surface area (Å²) in [5.74, 6) is 0. The smallest absolute Gasteiger partial charge is 0.276 e. The summed E-state index contributed by atoms with van der Waals surface area (Å²) in [4.78, 5) is 11.3. The molecule has 5 rings (SSSR count). The van der Waals surface area contributed by atoms with Crippen molar-refractivity contribution < 1.29 is 31.6 Å². The average Bonchev–Trinajstić information content (AvgIpc) is 3.15. The summed E-state index contributed by atoms with van der Waals surface area (Å²) >= 11 is 0. The fourth-order valence-corrected chi connectivity index (χ4v) is 6.47. The molecule has 4 N–H and O–H groups in total. The number of nitrogens with two attached hydrogens (primary N) is 2. The van der Waals surface area contributed by atoms with Crippen molar-refractivity contribution in [2.45, 2.75) is 62.2 Å². The van der Waals surface area contributed by atoms with Crippen LogP contribution in [0, 0.1) is 24.0 Å². The van der Waals surface area contributed by atoms with Crippen molar-refractivity contribution in [1.82, 2.24) is 0 Å². The SMILES string of the molecule is C[NH2+]CCCCCCCc1ccccc1N.C[n+]1ccccc1/C=C/c1ccccc1[N+](=O)[O-].Cc1ccc(S(C)(=O)=O)cc1.Cc1ccc(S(C)(=O)=O)cc1. The Balaban J connectivity index is 0.000000264. The number of sulfone groups is 2. The van der Waals surface area contributed by atoms with Gasteiger partial charge >= 0.3 is 0 Å². The molecule has 0 unspecified atom stereocenters. The van der Waals surface area contributed by atoms with E-state index in [1.807, 2.05) is 68.1 Å². The summed E-state index contributed by atoms with van der Waals surface area (Å²) < 4.78 is 45.7. The molecule has 1 heterocycles. The van der Waals surface area contributed by atoms with Crippen molar-refractivity contribution in [3.8, 4) is 0 Å². The van der Waals surface area contributed by atoms with Gasteiger partial charge in [-0.2, -0.15) is 0 Å². The van der Waals surface area contributed by atoms with Crippen molar-refractivity contribution in [3.63, 3.8) is 0 Å². The maximum absolute atomic E-state index is 10.9. The van der Waals surface area contributed by atoms with Gasteiger partial charge in [0.1, 0.15) is 7.05 Å². The molecule has 0 radical (unpaired) electrons. The topological polar surface area (TPSA) is 158 Å². The molecule has 0 amide bonds. The molecule has 5 aromatic rings. The number of rotatable bonds is 13. The minimum absolute atomic E-state index is 0.118. The van der Waals surface area contributed by atoms with E-state index < -0.39 is 19.7 Å². The second kappa shape index (κ2) is 24.4. The van der Waals surface area contributed by atoms with Crippen LogP contribution in [0.2, 0.25) is 0 Å². The number of anilines is 1. The highest BCUT2D eigenvalue weighted by atomic mass is 32.2. The zero-order valence-corrected chi connectivity index (χ0v) is 35.1. The predicted octanol–water partition coefficient (Wildman–Crippen LogP) is 7.34. The number of pyridine rings is 1.